The second-order valence-corrected chi connectivity index (χ2v) is 10.2. The highest BCUT2D eigenvalue weighted by atomic mass is 32.1. The van der Waals surface area contributed by atoms with E-state index in [1.165, 1.54) is 11.3 Å². The summed E-state index contributed by atoms with van der Waals surface area (Å²) in [6, 6.07) is -0.0193. The molecule has 1 saturated carbocycles. The molecule has 2 aromatic heterocycles. The lowest BCUT2D eigenvalue weighted by atomic mass is 9.81. The van der Waals surface area contributed by atoms with Gasteiger partial charge in [0.15, 0.2) is 6.61 Å². The fraction of sp³-hybridized carbons (Fsp3) is 0.696. The number of carbonyl (C=O) groups excluding carboxylic acids is 1. The number of aromatic nitrogens is 2. The molecule has 2 aromatic rings. The molecule has 7 nitrogen and oxygen atoms in total. The lowest BCUT2D eigenvalue weighted by molar-refractivity contribution is -0.122. The number of amides is 1. The number of alkyl halides is 3. The first-order chi connectivity index (χ1) is 16.3. The second kappa shape index (κ2) is 11.1. The van der Waals surface area contributed by atoms with E-state index in [1.54, 1.807) is 13.1 Å². The van der Waals surface area contributed by atoms with Crippen molar-refractivity contribution in [2.24, 2.45) is 0 Å². The molecule has 1 amide bonds. The number of nitrogens with one attached hydrogen (secondary N) is 1. The number of aryl methyl sites for hydroxylation is 1. The van der Waals surface area contributed by atoms with Crippen molar-refractivity contribution < 1.29 is 27.1 Å². The van der Waals surface area contributed by atoms with E-state index in [0.29, 0.717) is 61.9 Å². The molecule has 1 fully saturated rings. The number of halogens is 3. The van der Waals surface area contributed by atoms with E-state index < -0.39 is 18.7 Å². The van der Waals surface area contributed by atoms with Crippen molar-refractivity contribution in [3.05, 3.63) is 28.4 Å². The van der Waals surface area contributed by atoms with Crippen molar-refractivity contribution in [2.45, 2.75) is 76.4 Å². The highest BCUT2D eigenvalue weighted by Crippen LogP contribution is 2.35. The Bertz CT molecular complexity index is 934. The zero-order valence-corrected chi connectivity index (χ0v) is 20.1. The summed E-state index contributed by atoms with van der Waals surface area (Å²) in [5.74, 6) is 0.916. The molecule has 0 aromatic carbocycles. The van der Waals surface area contributed by atoms with Crippen LogP contribution in [0.1, 0.15) is 54.3 Å². The van der Waals surface area contributed by atoms with Crippen LogP contribution in [0.3, 0.4) is 0 Å². The van der Waals surface area contributed by atoms with Gasteiger partial charge in [-0.3, -0.25) is 4.79 Å². The Morgan fingerprint density at radius 3 is 2.82 bits per heavy atom. The van der Waals surface area contributed by atoms with Crippen LogP contribution >= 0.6 is 11.3 Å². The van der Waals surface area contributed by atoms with Crippen molar-refractivity contribution in [1.82, 2.24) is 20.2 Å². The average molecular weight is 501 g/mol. The van der Waals surface area contributed by atoms with Crippen LogP contribution in [0.5, 0.6) is 5.19 Å². The number of hydrogen-bond acceptors (Lipinski definition) is 7. The summed E-state index contributed by atoms with van der Waals surface area (Å²) >= 11 is 1.33. The smallest absolute Gasteiger partial charge is 0.273 e. The van der Waals surface area contributed by atoms with Gasteiger partial charge in [-0.2, -0.15) is 0 Å². The number of hydrogen-bond donors (Lipinski definition) is 1. The number of fused-ring (bicyclic) bond motifs is 1. The fourth-order valence-electron chi connectivity index (χ4n) is 4.59. The topological polar surface area (TPSA) is 80.5 Å². The first kappa shape index (κ1) is 25.0. The maximum absolute atomic E-state index is 15.4. The van der Waals surface area contributed by atoms with E-state index in [2.05, 4.69) is 20.2 Å². The molecule has 1 aliphatic carbocycles. The van der Waals surface area contributed by atoms with Gasteiger partial charge in [0.2, 0.25) is 11.8 Å². The summed E-state index contributed by atoms with van der Waals surface area (Å²) in [6.45, 7) is 3.37. The Morgan fingerprint density at radius 2 is 2.12 bits per heavy atom. The van der Waals surface area contributed by atoms with Crippen LogP contribution in [0.4, 0.5) is 13.2 Å². The molecule has 0 unspecified atom stereocenters. The Morgan fingerprint density at radius 1 is 1.35 bits per heavy atom. The number of thiazole rings is 1. The standard InChI is InChI=1S/C23H31F3N4O3S/c1-15-13-27-21(33-15)12-20(31)28-16-2-6-23(26,7-3-16)8-11-30-9-4-17-18(5-10-30)34-22(29-17)32-14-19(24)25/h13,16,19H,2-12,14H2,1H3,(H,28,31). The summed E-state index contributed by atoms with van der Waals surface area (Å²) in [7, 11) is 0. The molecule has 1 N–H and O–H groups in total. The summed E-state index contributed by atoms with van der Waals surface area (Å²) in [6.07, 6.45) is 3.22. The zero-order chi connectivity index (χ0) is 24.1. The molecule has 2 aliphatic rings. The highest BCUT2D eigenvalue weighted by Gasteiger charge is 2.36. The molecule has 0 saturated heterocycles. The van der Waals surface area contributed by atoms with Crippen LogP contribution in [0, 0.1) is 6.92 Å². The Balaban J connectivity index is 1.17. The van der Waals surface area contributed by atoms with Gasteiger partial charge in [0.05, 0.1) is 11.9 Å². The molecule has 0 atom stereocenters. The molecule has 3 heterocycles. The van der Waals surface area contributed by atoms with Gasteiger partial charge in [-0.05, 0) is 45.4 Å². The zero-order valence-electron chi connectivity index (χ0n) is 19.3. The van der Waals surface area contributed by atoms with Gasteiger partial charge in [-0.25, -0.2) is 23.1 Å². The summed E-state index contributed by atoms with van der Waals surface area (Å²) in [4.78, 5) is 23.9. The maximum Gasteiger partial charge on any atom is 0.273 e. The molecule has 11 heteroatoms. The van der Waals surface area contributed by atoms with Crippen molar-refractivity contribution >= 4 is 17.2 Å². The lowest BCUT2D eigenvalue weighted by Crippen LogP contribution is -2.43. The first-order valence-corrected chi connectivity index (χ1v) is 12.6. The third-order valence-electron chi connectivity index (χ3n) is 6.52. The summed E-state index contributed by atoms with van der Waals surface area (Å²) < 4.78 is 50.5. The van der Waals surface area contributed by atoms with Crippen LogP contribution in [0.2, 0.25) is 0 Å². The molecule has 0 radical (unpaired) electrons. The van der Waals surface area contributed by atoms with Gasteiger partial charge in [0.25, 0.3) is 11.6 Å². The number of nitrogens with zero attached hydrogens (tertiary/aromatic N) is 3. The maximum atomic E-state index is 15.4. The van der Waals surface area contributed by atoms with Crippen molar-refractivity contribution in [3.63, 3.8) is 0 Å². The lowest BCUT2D eigenvalue weighted by Gasteiger charge is -2.35. The van der Waals surface area contributed by atoms with Crippen molar-refractivity contribution in [2.75, 3.05) is 26.2 Å². The minimum atomic E-state index is -2.51. The minimum Gasteiger partial charge on any atom is -0.464 e. The third kappa shape index (κ3) is 6.94. The quantitative estimate of drug-likeness (QED) is 0.563. The highest BCUT2D eigenvalue weighted by molar-refractivity contribution is 7.13. The number of ether oxygens (including phenoxy) is 1. The normalized spacial score (nSPS) is 23.5. The molecule has 1 aliphatic heterocycles. The van der Waals surface area contributed by atoms with E-state index in [-0.39, 0.29) is 18.4 Å². The molecule has 188 valence electrons. The van der Waals surface area contributed by atoms with E-state index in [4.69, 9.17) is 9.15 Å². The summed E-state index contributed by atoms with van der Waals surface area (Å²) in [5.41, 5.74) is -0.310. The minimum absolute atomic E-state index is 0.0193. The molecule has 34 heavy (non-hydrogen) atoms. The molecule has 4 rings (SSSR count). The molecule has 0 bridgehead atoms. The van der Waals surface area contributed by atoms with E-state index >= 15 is 4.39 Å². The van der Waals surface area contributed by atoms with Gasteiger partial charge in [0.1, 0.15) is 17.8 Å². The Kier molecular flexibility index (Phi) is 8.13. The first-order valence-electron chi connectivity index (χ1n) is 11.8. The van der Waals surface area contributed by atoms with E-state index in [1.807, 2.05) is 0 Å². The van der Waals surface area contributed by atoms with Crippen molar-refractivity contribution in [3.8, 4) is 5.19 Å². The molecule has 0 spiro atoms. The number of rotatable bonds is 9. The second-order valence-electron chi connectivity index (χ2n) is 9.18. The van der Waals surface area contributed by atoms with Crippen LogP contribution in [-0.2, 0) is 24.1 Å². The van der Waals surface area contributed by atoms with Gasteiger partial charge >= 0.3 is 0 Å². The fourth-order valence-corrected chi connectivity index (χ4v) is 5.55. The van der Waals surface area contributed by atoms with Gasteiger partial charge in [-0.1, -0.05) is 11.3 Å². The van der Waals surface area contributed by atoms with E-state index in [9.17, 15) is 13.6 Å². The van der Waals surface area contributed by atoms with Gasteiger partial charge in [-0.15, -0.1) is 0 Å². The number of carbonyl (C=O) groups is 1. The van der Waals surface area contributed by atoms with Gasteiger partial charge in [0, 0.05) is 37.0 Å². The molecular weight excluding hydrogens is 469 g/mol. The predicted molar refractivity (Wildman–Crippen MR) is 121 cm³/mol. The number of oxazole rings is 1. The third-order valence-corrected chi connectivity index (χ3v) is 7.59. The Labute approximate surface area is 201 Å². The summed E-state index contributed by atoms with van der Waals surface area (Å²) in [5, 5.41) is 3.29. The van der Waals surface area contributed by atoms with Crippen molar-refractivity contribution in [1.29, 1.82) is 0 Å². The monoisotopic (exact) mass is 500 g/mol. The van der Waals surface area contributed by atoms with Crippen LogP contribution in [0.25, 0.3) is 0 Å². The van der Waals surface area contributed by atoms with Crippen LogP contribution in [0.15, 0.2) is 10.6 Å². The van der Waals surface area contributed by atoms with Crippen LogP contribution < -0.4 is 10.1 Å². The largest absolute Gasteiger partial charge is 0.464 e. The van der Waals surface area contributed by atoms with E-state index in [0.717, 1.165) is 30.1 Å². The Hall–Kier alpha value is -2.14. The molecular formula is C23H31F3N4O3S. The predicted octanol–water partition coefficient (Wildman–Crippen LogP) is 3.88. The SMILES string of the molecule is Cc1cnc(CC(=O)NC2CCC(F)(CCN3CCc4nc(OCC(F)F)sc4CC3)CC2)o1. The van der Waals surface area contributed by atoms with Crippen LogP contribution in [-0.4, -0.2) is 65.2 Å². The van der Waals surface area contributed by atoms with Gasteiger partial charge < -0.3 is 19.4 Å². The average Bonchev–Trinajstić information content (AvgIpc) is 3.33.